The van der Waals surface area contributed by atoms with Crippen LogP contribution in [0.15, 0.2) is 36.7 Å². The first kappa shape index (κ1) is 12.2. The van der Waals surface area contributed by atoms with Crippen LogP contribution in [-0.4, -0.2) is 27.5 Å². The van der Waals surface area contributed by atoms with Gasteiger partial charge in [0.05, 0.1) is 11.9 Å². The van der Waals surface area contributed by atoms with Gasteiger partial charge in [-0.3, -0.25) is 0 Å². The summed E-state index contributed by atoms with van der Waals surface area (Å²) in [6.45, 7) is 1.13. The van der Waals surface area contributed by atoms with E-state index in [4.69, 9.17) is 0 Å². The van der Waals surface area contributed by atoms with Gasteiger partial charge >= 0.3 is 0 Å². The Bertz CT molecular complexity index is 544. The molecule has 1 atom stereocenters. The lowest BCUT2D eigenvalue weighted by molar-refractivity contribution is 0.399. The van der Waals surface area contributed by atoms with Gasteiger partial charge in [0.2, 0.25) is 0 Å². The first-order chi connectivity index (χ1) is 9.31. The minimum Gasteiger partial charge on any atom is -0.508 e. The molecule has 1 aliphatic heterocycles. The molecule has 0 radical (unpaired) electrons. The van der Waals surface area contributed by atoms with Crippen molar-refractivity contribution in [3.05, 3.63) is 42.2 Å². The number of hydrogen-bond acceptors (Lipinski definition) is 3. The number of aromatic hydroxyl groups is 1. The van der Waals surface area contributed by atoms with E-state index in [0.29, 0.717) is 6.04 Å². The van der Waals surface area contributed by atoms with Crippen molar-refractivity contribution in [2.75, 3.05) is 6.54 Å². The number of nitrogens with zero attached hydrogens (tertiary/aromatic N) is 2. The number of benzene rings is 1. The Labute approximate surface area is 113 Å². The zero-order valence-corrected chi connectivity index (χ0v) is 10.9. The maximum Gasteiger partial charge on any atom is 0.117 e. The van der Waals surface area contributed by atoms with Crippen LogP contribution in [0.4, 0.5) is 0 Å². The van der Waals surface area contributed by atoms with Crippen molar-refractivity contribution in [3.8, 4) is 11.4 Å². The molecule has 0 spiro atoms. The Morgan fingerprint density at radius 3 is 3.11 bits per heavy atom. The maximum atomic E-state index is 9.49. The maximum absolute atomic E-state index is 9.49. The van der Waals surface area contributed by atoms with Crippen LogP contribution in [0.2, 0.25) is 0 Å². The van der Waals surface area contributed by atoms with Crippen LogP contribution in [0.25, 0.3) is 5.69 Å². The Kier molecular flexibility index (Phi) is 3.51. The number of piperidine rings is 1. The molecule has 1 aromatic heterocycles. The van der Waals surface area contributed by atoms with Crippen molar-refractivity contribution in [2.45, 2.75) is 31.7 Å². The number of hydrogen-bond donors (Lipinski definition) is 2. The molecule has 0 aliphatic carbocycles. The minimum atomic E-state index is 0.267. The van der Waals surface area contributed by atoms with E-state index in [1.54, 1.807) is 12.1 Å². The molecule has 4 heteroatoms. The molecule has 2 aromatic rings. The molecule has 1 aromatic carbocycles. The molecule has 0 bridgehead atoms. The second kappa shape index (κ2) is 5.45. The molecule has 1 fully saturated rings. The summed E-state index contributed by atoms with van der Waals surface area (Å²) in [6, 6.07) is 7.73. The molecule has 2 heterocycles. The van der Waals surface area contributed by atoms with E-state index in [2.05, 4.69) is 10.4 Å². The lowest BCUT2D eigenvalue weighted by atomic mass is 10.00. The highest BCUT2D eigenvalue weighted by atomic mass is 16.3. The number of phenols is 1. The van der Waals surface area contributed by atoms with Crippen molar-refractivity contribution in [3.63, 3.8) is 0 Å². The molecule has 4 nitrogen and oxygen atoms in total. The second-order valence-electron chi connectivity index (χ2n) is 5.16. The molecule has 0 amide bonds. The van der Waals surface area contributed by atoms with Crippen LogP contribution >= 0.6 is 0 Å². The Morgan fingerprint density at radius 1 is 1.37 bits per heavy atom. The van der Waals surface area contributed by atoms with E-state index < -0.39 is 0 Å². The van der Waals surface area contributed by atoms with Crippen LogP contribution in [0.5, 0.6) is 5.75 Å². The van der Waals surface area contributed by atoms with Crippen LogP contribution < -0.4 is 5.32 Å². The van der Waals surface area contributed by atoms with Gasteiger partial charge in [-0.1, -0.05) is 12.5 Å². The summed E-state index contributed by atoms with van der Waals surface area (Å²) in [7, 11) is 0. The minimum absolute atomic E-state index is 0.267. The molecule has 100 valence electrons. The van der Waals surface area contributed by atoms with Crippen molar-refractivity contribution in [2.24, 2.45) is 0 Å². The van der Waals surface area contributed by atoms with Crippen LogP contribution in [0.1, 0.15) is 24.8 Å². The molecule has 3 rings (SSSR count). The van der Waals surface area contributed by atoms with Crippen LogP contribution in [0.3, 0.4) is 0 Å². The normalized spacial score (nSPS) is 19.5. The van der Waals surface area contributed by atoms with E-state index >= 15 is 0 Å². The zero-order chi connectivity index (χ0) is 13.1. The highest BCUT2D eigenvalue weighted by Crippen LogP contribution is 2.17. The SMILES string of the molecule is Oc1cccc(-n2cc(CC3CCCCN3)cn2)c1. The Hall–Kier alpha value is -1.81. The second-order valence-corrected chi connectivity index (χ2v) is 5.16. The standard InChI is InChI=1S/C15H19N3O/c19-15-6-3-5-14(9-15)18-11-12(10-17-18)8-13-4-1-2-7-16-13/h3,5-6,9-11,13,16,19H,1-2,4,7-8H2. The molecule has 0 saturated carbocycles. The summed E-state index contributed by atoms with van der Waals surface area (Å²) in [4.78, 5) is 0. The van der Waals surface area contributed by atoms with E-state index in [1.165, 1.54) is 24.8 Å². The number of aromatic nitrogens is 2. The summed E-state index contributed by atoms with van der Waals surface area (Å²) in [5.74, 6) is 0.267. The van der Waals surface area contributed by atoms with Crippen molar-refractivity contribution in [1.29, 1.82) is 0 Å². The van der Waals surface area contributed by atoms with E-state index in [9.17, 15) is 5.11 Å². The van der Waals surface area contributed by atoms with Gasteiger partial charge in [0.15, 0.2) is 0 Å². The van der Waals surface area contributed by atoms with Crippen molar-refractivity contribution < 1.29 is 5.11 Å². The molecule has 1 unspecified atom stereocenters. The first-order valence-corrected chi connectivity index (χ1v) is 6.87. The quantitative estimate of drug-likeness (QED) is 0.886. The van der Waals surface area contributed by atoms with E-state index in [-0.39, 0.29) is 5.75 Å². The van der Waals surface area contributed by atoms with Gasteiger partial charge in [0.1, 0.15) is 5.75 Å². The van der Waals surface area contributed by atoms with Gasteiger partial charge in [-0.05, 0) is 43.5 Å². The predicted octanol–water partition coefficient (Wildman–Crippen LogP) is 2.26. The number of rotatable bonds is 3. The molecule has 1 aliphatic rings. The van der Waals surface area contributed by atoms with Crippen LogP contribution in [-0.2, 0) is 6.42 Å². The lowest BCUT2D eigenvalue weighted by Gasteiger charge is -2.22. The third-order valence-corrected chi connectivity index (χ3v) is 3.62. The van der Waals surface area contributed by atoms with E-state index in [0.717, 1.165) is 18.7 Å². The molecule has 19 heavy (non-hydrogen) atoms. The summed E-state index contributed by atoms with van der Waals surface area (Å²) in [5, 5.41) is 17.4. The van der Waals surface area contributed by atoms with Crippen molar-refractivity contribution >= 4 is 0 Å². The summed E-state index contributed by atoms with van der Waals surface area (Å²) in [5.41, 5.74) is 2.13. The van der Waals surface area contributed by atoms with Gasteiger partial charge in [-0.25, -0.2) is 4.68 Å². The average Bonchev–Trinajstić information content (AvgIpc) is 2.88. The predicted molar refractivity (Wildman–Crippen MR) is 74.6 cm³/mol. The molecular formula is C15H19N3O. The summed E-state index contributed by atoms with van der Waals surface area (Å²) in [6.07, 6.45) is 8.85. The molecule has 1 saturated heterocycles. The van der Waals surface area contributed by atoms with Gasteiger partial charge in [-0.15, -0.1) is 0 Å². The summed E-state index contributed by atoms with van der Waals surface area (Å²) < 4.78 is 1.82. The Morgan fingerprint density at radius 2 is 2.32 bits per heavy atom. The van der Waals surface area contributed by atoms with Crippen molar-refractivity contribution in [1.82, 2.24) is 15.1 Å². The zero-order valence-electron chi connectivity index (χ0n) is 10.9. The third kappa shape index (κ3) is 2.96. The fraction of sp³-hybridized carbons (Fsp3) is 0.400. The topological polar surface area (TPSA) is 50.1 Å². The lowest BCUT2D eigenvalue weighted by Crippen LogP contribution is -2.35. The van der Waals surface area contributed by atoms with Crippen LogP contribution in [0, 0.1) is 0 Å². The van der Waals surface area contributed by atoms with Gasteiger partial charge in [-0.2, -0.15) is 5.10 Å². The fourth-order valence-electron chi connectivity index (χ4n) is 2.62. The molecular weight excluding hydrogens is 238 g/mol. The Balaban J connectivity index is 1.72. The number of nitrogens with one attached hydrogen (secondary N) is 1. The van der Waals surface area contributed by atoms with Gasteiger partial charge in [0, 0.05) is 18.3 Å². The summed E-state index contributed by atoms with van der Waals surface area (Å²) >= 11 is 0. The highest BCUT2D eigenvalue weighted by molar-refractivity contribution is 5.38. The van der Waals surface area contributed by atoms with Gasteiger partial charge in [0.25, 0.3) is 0 Å². The largest absolute Gasteiger partial charge is 0.508 e. The fourth-order valence-corrected chi connectivity index (χ4v) is 2.62. The highest BCUT2D eigenvalue weighted by Gasteiger charge is 2.14. The third-order valence-electron chi connectivity index (χ3n) is 3.62. The monoisotopic (exact) mass is 257 g/mol. The van der Waals surface area contributed by atoms with E-state index in [1.807, 2.05) is 29.2 Å². The average molecular weight is 257 g/mol. The number of phenolic OH excluding ortho intramolecular Hbond substituents is 1. The first-order valence-electron chi connectivity index (χ1n) is 6.87. The van der Waals surface area contributed by atoms with Gasteiger partial charge < -0.3 is 10.4 Å². The smallest absolute Gasteiger partial charge is 0.117 e. The molecule has 2 N–H and O–H groups in total.